The Labute approximate surface area is 133 Å². The van der Waals surface area contributed by atoms with Crippen LogP contribution in [0.1, 0.15) is 21.9 Å². The minimum atomic E-state index is -0.608. The molecule has 0 atom stereocenters. The number of nitrogens with two attached hydrogens (primary N) is 1. The van der Waals surface area contributed by atoms with E-state index in [1.54, 1.807) is 19.2 Å². The van der Waals surface area contributed by atoms with Gasteiger partial charge < -0.3 is 20.4 Å². The van der Waals surface area contributed by atoms with Gasteiger partial charge in [0, 0.05) is 20.6 Å². The summed E-state index contributed by atoms with van der Waals surface area (Å²) in [7, 11) is 3.50. The third-order valence-corrected chi connectivity index (χ3v) is 3.21. The largest absolute Gasteiger partial charge is 0.454 e. The van der Waals surface area contributed by atoms with Crippen molar-refractivity contribution in [3.63, 3.8) is 0 Å². The minimum absolute atomic E-state index is 0.116. The van der Waals surface area contributed by atoms with Crippen LogP contribution in [0, 0.1) is 5.82 Å². The first-order valence-electron chi connectivity index (χ1n) is 7.04. The highest BCUT2D eigenvalue weighted by atomic mass is 19.1. The van der Waals surface area contributed by atoms with Crippen molar-refractivity contribution in [2.75, 3.05) is 14.1 Å². The first-order chi connectivity index (χ1) is 11.0. The fraction of sp³-hybridized carbons (Fsp3) is 0.250. The summed E-state index contributed by atoms with van der Waals surface area (Å²) in [5.41, 5.74) is 5.98. The molecule has 3 N–H and O–H groups in total. The van der Waals surface area contributed by atoms with Gasteiger partial charge in [-0.1, -0.05) is 12.1 Å². The van der Waals surface area contributed by atoms with Crippen molar-refractivity contribution in [2.24, 2.45) is 10.7 Å². The molecule has 0 radical (unpaired) electrons. The molecule has 1 heterocycles. The highest BCUT2D eigenvalue weighted by Crippen LogP contribution is 2.08. The molecule has 7 heteroatoms. The van der Waals surface area contributed by atoms with Crippen LogP contribution in [-0.4, -0.2) is 30.9 Å². The fourth-order valence-electron chi connectivity index (χ4n) is 2.14. The maximum absolute atomic E-state index is 13.2. The molecule has 1 amide bonds. The second-order valence-electron chi connectivity index (χ2n) is 5.02. The number of benzene rings is 1. The van der Waals surface area contributed by atoms with E-state index in [1.165, 1.54) is 18.2 Å². The first-order valence-corrected chi connectivity index (χ1v) is 7.04. The Morgan fingerprint density at radius 3 is 2.78 bits per heavy atom. The van der Waals surface area contributed by atoms with E-state index in [2.05, 4.69) is 10.3 Å². The molecular formula is C16H19FN4O2. The van der Waals surface area contributed by atoms with Gasteiger partial charge in [0.2, 0.25) is 0 Å². The molecular weight excluding hydrogens is 299 g/mol. The van der Waals surface area contributed by atoms with Gasteiger partial charge in [-0.2, -0.15) is 0 Å². The normalized spacial score (nSPS) is 11.3. The lowest BCUT2D eigenvalue weighted by molar-refractivity contribution is 0.0972. The summed E-state index contributed by atoms with van der Waals surface area (Å²) in [6.07, 6.45) is 0. The van der Waals surface area contributed by atoms with Gasteiger partial charge in [0.05, 0.1) is 6.54 Å². The standard InChI is InChI=1S/C16H19FN4O2/c1-19-16(20-9-13-6-7-14(23-13)15(18)22)21(2)10-11-4-3-5-12(17)8-11/h3-8H,9-10H2,1-2H3,(H2,18,22)(H,19,20). The number of amides is 1. The average Bonchev–Trinajstić information content (AvgIpc) is 2.97. The zero-order valence-electron chi connectivity index (χ0n) is 13.0. The Kier molecular flexibility index (Phi) is 5.35. The van der Waals surface area contributed by atoms with Crippen LogP contribution >= 0.6 is 0 Å². The quantitative estimate of drug-likeness (QED) is 0.649. The Morgan fingerprint density at radius 2 is 2.17 bits per heavy atom. The van der Waals surface area contributed by atoms with Gasteiger partial charge in [-0.3, -0.25) is 9.79 Å². The lowest BCUT2D eigenvalue weighted by atomic mass is 10.2. The average molecular weight is 318 g/mol. The van der Waals surface area contributed by atoms with E-state index in [0.29, 0.717) is 24.8 Å². The summed E-state index contributed by atoms with van der Waals surface area (Å²) >= 11 is 0. The Morgan fingerprint density at radius 1 is 1.39 bits per heavy atom. The van der Waals surface area contributed by atoms with Gasteiger partial charge in [-0.05, 0) is 29.8 Å². The third-order valence-electron chi connectivity index (χ3n) is 3.21. The lowest BCUT2D eigenvalue weighted by Gasteiger charge is -2.21. The molecule has 0 spiro atoms. The second-order valence-corrected chi connectivity index (χ2v) is 5.02. The molecule has 0 aliphatic carbocycles. The Balaban J connectivity index is 1.95. The molecule has 0 unspecified atom stereocenters. The van der Waals surface area contributed by atoms with Crippen LogP contribution in [0.15, 0.2) is 45.8 Å². The maximum atomic E-state index is 13.2. The molecule has 2 rings (SSSR count). The number of primary amides is 1. The Bertz CT molecular complexity index is 712. The number of carbonyl (C=O) groups excluding carboxylic acids is 1. The molecule has 6 nitrogen and oxygen atoms in total. The van der Waals surface area contributed by atoms with Crippen LogP contribution in [0.25, 0.3) is 0 Å². The van der Waals surface area contributed by atoms with E-state index in [-0.39, 0.29) is 11.6 Å². The number of nitrogens with zero attached hydrogens (tertiary/aromatic N) is 2. The van der Waals surface area contributed by atoms with Crippen LogP contribution in [0.4, 0.5) is 4.39 Å². The molecule has 0 aliphatic heterocycles. The SMILES string of the molecule is CN=C(NCc1ccc(C(N)=O)o1)N(C)Cc1cccc(F)c1. The van der Waals surface area contributed by atoms with Gasteiger partial charge in [-0.15, -0.1) is 0 Å². The van der Waals surface area contributed by atoms with Crippen molar-refractivity contribution >= 4 is 11.9 Å². The van der Waals surface area contributed by atoms with E-state index in [1.807, 2.05) is 18.0 Å². The number of guanidine groups is 1. The molecule has 0 bridgehead atoms. The zero-order valence-corrected chi connectivity index (χ0v) is 13.0. The summed E-state index contributed by atoms with van der Waals surface area (Å²) in [6.45, 7) is 0.857. The van der Waals surface area contributed by atoms with E-state index in [9.17, 15) is 9.18 Å². The van der Waals surface area contributed by atoms with Crippen molar-refractivity contribution in [1.29, 1.82) is 0 Å². The summed E-state index contributed by atoms with van der Waals surface area (Å²) in [6, 6.07) is 9.60. The first kappa shape index (κ1) is 16.5. The molecule has 0 saturated heterocycles. The van der Waals surface area contributed by atoms with Crippen LogP contribution < -0.4 is 11.1 Å². The third kappa shape index (κ3) is 4.57. The number of hydrogen-bond acceptors (Lipinski definition) is 3. The van der Waals surface area contributed by atoms with Gasteiger partial charge >= 0.3 is 0 Å². The van der Waals surface area contributed by atoms with Crippen molar-refractivity contribution in [3.8, 4) is 0 Å². The topological polar surface area (TPSA) is 83.9 Å². The maximum Gasteiger partial charge on any atom is 0.284 e. The fourth-order valence-corrected chi connectivity index (χ4v) is 2.14. The van der Waals surface area contributed by atoms with E-state index in [4.69, 9.17) is 10.2 Å². The smallest absolute Gasteiger partial charge is 0.284 e. The number of halogens is 1. The Hall–Kier alpha value is -2.83. The molecule has 2 aromatic rings. The van der Waals surface area contributed by atoms with Gasteiger partial charge in [0.25, 0.3) is 5.91 Å². The van der Waals surface area contributed by atoms with Crippen molar-refractivity contribution < 1.29 is 13.6 Å². The van der Waals surface area contributed by atoms with Crippen LogP contribution in [0.2, 0.25) is 0 Å². The molecule has 1 aromatic heterocycles. The molecule has 0 aliphatic rings. The second kappa shape index (κ2) is 7.44. The lowest BCUT2D eigenvalue weighted by Crippen LogP contribution is -2.38. The van der Waals surface area contributed by atoms with E-state index in [0.717, 1.165) is 5.56 Å². The number of hydrogen-bond donors (Lipinski definition) is 2. The zero-order chi connectivity index (χ0) is 16.8. The molecule has 122 valence electrons. The van der Waals surface area contributed by atoms with E-state index >= 15 is 0 Å². The van der Waals surface area contributed by atoms with Crippen molar-refractivity contribution in [2.45, 2.75) is 13.1 Å². The number of nitrogens with one attached hydrogen (secondary N) is 1. The van der Waals surface area contributed by atoms with Crippen LogP contribution in [-0.2, 0) is 13.1 Å². The van der Waals surface area contributed by atoms with Crippen LogP contribution in [0.3, 0.4) is 0 Å². The monoisotopic (exact) mass is 318 g/mol. The molecule has 23 heavy (non-hydrogen) atoms. The van der Waals surface area contributed by atoms with Crippen LogP contribution in [0.5, 0.6) is 0 Å². The van der Waals surface area contributed by atoms with Gasteiger partial charge in [0.1, 0.15) is 11.6 Å². The summed E-state index contributed by atoms with van der Waals surface area (Å²) in [5, 5.41) is 3.11. The van der Waals surface area contributed by atoms with Crippen molar-refractivity contribution in [1.82, 2.24) is 10.2 Å². The molecule has 1 aromatic carbocycles. The highest BCUT2D eigenvalue weighted by Gasteiger charge is 2.10. The minimum Gasteiger partial charge on any atom is -0.454 e. The summed E-state index contributed by atoms with van der Waals surface area (Å²) < 4.78 is 18.5. The summed E-state index contributed by atoms with van der Waals surface area (Å²) in [4.78, 5) is 17.0. The molecule has 0 saturated carbocycles. The van der Waals surface area contributed by atoms with Crippen molar-refractivity contribution in [3.05, 3.63) is 59.3 Å². The van der Waals surface area contributed by atoms with E-state index < -0.39 is 5.91 Å². The number of rotatable bonds is 5. The predicted octanol–water partition coefficient (Wildman–Crippen LogP) is 1.73. The molecule has 0 fully saturated rings. The predicted molar refractivity (Wildman–Crippen MR) is 85.3 cm³/mol. The number of furan rings is 1. The number of carbonyl (C=O) groups is 1. The van der Waals surface area contributed by atoms with Gasteiger partial charge in [0.15, 0.2) is 11.7 Å². The van der Waals surface area contributed by atoms with Gasteiger partial charge in [-0.25, -0.2) is 4.39 Å². The summed E-state index contributed by atoms with van der Waals surface area (Å²) in [5.74, 6) is 0.424. The highest BCUT2D eigenvalue weighted by molar-refractivity contribution is 5.89. The number of aliphatic imine (C=N–C) groups is 1.